The molecule has 4 aromatic rings. The Morgan fingerprint density at radius 1 is 1.09 bits per heavy atom. The van der Waals surface area contributed by atoms with Gasteiger partial charge in [0, 0.05) is 37.0 Å². The molecule has 0 radical (unpaired) electrons. The van der Waals surface area contributed by atoms with Crippen LogP contribution in [0, 0.1) is 13.8 Å². The summed E-state index contributed by atoms with van der Waals surface area (Å²) in [6, 6.07) is 7.06. The first-order valence-electron chi connectivity index (χ1n) is 10.1. The lowest BCUT2D eigenvalue weighted by molar-refractivity contribution is 0.300. The number of aryl methyl sites for hydroxylation is 2. The maximum atomic E-state index is 13.1. The molecule has 4 aromatic heterocycles. The van der Waals surface area contributed by atoms with Gasteiger partial charge in [0.2, 0.25) is 0 Å². The number of rotatable bonds is 6. The number of oxazole rings is 1. The van der Waals surface area contributed by atoms with E-state index in [0.29, 0.717) is 34.4 Å². The van der Waals surface area contributed by atoms with Gasteiger partial charge in [-0.15, -0.1) is 0 Å². The molecule has 0 N–H and O–H groups in total. The van der Waals surface area contributed by atoms with Crippen molar-refractivity contribution in [3.8, 4) is 22.8 Å². The fourth-order valence-corrected chi connectivity index (χ4v) is 3.42. The molecule has 164 valence electrons. The normalized spacial score (nSPS) is 11.2. The molecular formula is C23H22ClN5O3. The van der Waals surface area contributed by atoms with Gasteiger partial charge in [-0.1, -0.05) is 25.4 Å². The Morgan fingerprint density at radius 2 is 1.88 bits per heavy atom. The molecule has 9 heteroatoms. The van der Waals surface area contributed by atoms with Crippen LogP contribution in [-0.2, 0) is 6.61 Å². The first kappa shape index (κ1) is 21.7. The van der Waals surface area contributed by atoms with E-state index in [1.54, 1.807) is 43.6 Å². The zero-order chi connectivity index (χ0) is 22.8. The van der Waals surface area contributed by atoms with E-state index < -0.39 is 0 Å². The summed E-state index contributed by atoms with van der Waals surface area (Å²) >= 11 is 6.37. The van der Waals surface area contributed by atoms with E-state index >= 15 is 0 Å². The molecule has 0 fully saturated rings. The van der Waals surface area contributed by atoms with Crippen LogP contribution in [0.15, 0.2) is 52.1 Å². The largest absolute Gasteiger partial charge is 0.485 e. The monoisotopic (exact) mass is 451 g/mol. The van der Waals surface area contributed by atoms with Gasteiger partial charge >= 0.3 is 0 Å². The average molecular weight is 452 g/mol. The third-order valence-corrected chi connectivity index (χ3v) is 5.14. The Balaban J connectivity index is 1.68. The lowest BCUT2D eigenvalue weighted by Gasteiger charge is -2.14. The topological polar surface area (TPSA) is 95.9 Å². The molecule has 0 atom stereocenters. The molecule has 0 aliphatic rings. The van der Waals surface area contributed by atoms with Crippen molar-refractivity contribution < 1.29 is 9.15 Å². The van der Waals surface area contributed by atoms with Gasteiger partial charge in [0.15, 0.2) is 5.89 Å². The summed E-state index contributed by atoms with van der Waals surface area (Å²) in [5, 5.41) is -0.0155. The summed E-state index contributed by atoms with van der Waals surface area (Å²) in [6.07, 6.45) is 4.86. The third kappa shape index (κ3) is 4.40. The van der Waals surface area contributed by atoms with Crippen molar-refractivity contribution in [3.63, 3.8) is 0 Å². The maximum Gasteiger partial charge on any atom is 0.277 e. The molecule has 32 heavy (non-hydrogen) atoms. The van der Waals surface area contributed by atoms with Crippen LogP contribution in [0.1, 0.15) is 42.9 Å². The molecule has 0 saturated heterocycles. The van der Waals surface area contributed by atoms with Gasteiger partial charge in [-0.3, -0.25) is 14.3 Å². The van der Waals surface area contributed by atoms with Gasteiger partial charge in [-0.2, -0.15) is 0 Å². The third-order valence-electron chi connectivity index (χ3n) is 4.80. The number of hydrogen-bond donors (Lipinski definition) is 0. The summed E-state index contributed by atoms with van der Waals surface area (Å²) in [7, 11) is 0. The molecule has 0 aromatic carbocycles. The highest BCUT2D eigenvalue weighted by atomic mass is 35.5. The minimum atomic E-state index is -0.388. The SMILES string of the molecule is Cc1nc(COc2cc(C)n(-c3ccnc(-c4ccnc(C(C)C)n4)c3)c(=O)c2Cl)co1. The van der Waals surface area contributed by atoms with Crippen LogP contribution in [0.2, 0.25) is 5.02 Å². The molecule has 4 rings (SSSR count). The summed E-state index contributed by atoms with van der Waals surface area (Å²) in [5.74, 6) is 1.75. The van der Waals surface area contributed by atoms with Gasteiger partial charge < -0.3 is 9.15 Å². The summed E-state index contributed by atoms with van der Waals surface area (Å²) in [5.41, 5.74) is 2.84. The van der Waals surface area contributed by atoms with Gasteiger partial charge in [0.25, 0.3) is 5.56 Å². The standard InChI is InChI=1S/C23H22ClN5O3/c1-13(2)22-26-8-6-18(28-22)19-10-17(5-7-25-19)29-14(3)9-20(21(24)23(29)30)32-12-16-11-31-15(4)27-16/h5-11,13H,12H2,1-4H3. The first-order valence-corrected chi connectivity index (χ1v) is 10.5. The first-order chi connectivity index (χ1) is 15.3. The summed E-state index contributed by atoms with van der Waals surface area (Å²) in [6.45, 7) is 7.76. The fraction of sp³-hybridized carbons (Fsp3) is 0.261. The van der Waals surface area contributed by atoms with Crippen LogP contribution in [0.3, 0.4) is 0 Å². The Hall–Kier alpha value is -3.52. The number of pyridine rings is 2. The van der Waals surface area contributed by atoms with Crippen LogP contribution in [0.5, 0.6) is 5.75 Å². The molecule has 0 saturated carbocycles. The van der Waals surface area contributed by atoms with Crippen molar-refractivity contribution >= 4 is 11.6 Å². The molecule has 0 bridgehead atoms. The Morgan fingerprint density at radius 3 is 2.59 bits per heavy atom. The summed E-state index contributed by atoms with van der Waals surface area (Å²) < 4.78 is 12.4. The molecule has 8 nitrogen and oxygen atoms in total. The van der Waals surface area contributed by atoms with E-state index in [1.165, 1.54) is 10.8 Å². The van der Waals surface area contributed by atoms with Gasteiger partial charge in [-0.25, -0.2) is 15.0 Å². The van der Waals surface area contributed by atoms with E-state index in [0.717, 1.165) is 5.82 Å². The number of ether oxygens (including phenoxy) is 1. The van der Waals surface area contributed by atoms with Crippen molar-refractivity contribution in [1.29, 1.82) is 0 Å². The number of halogens is 1. The fourth-order valence-electron chi connectivity index (χ4n) is 3.23. The second kappa shape index (κ2) is 8.92. The average Bonchev–Trinajstić information content (AvgIpc) is 3.20. The molecule has 0 aliphatic heterocycles. The smallest absolute Gasteiger partial charge is 0.277 e. The van der Waals surface area contributed by atoms with Gasteiger partial charge in [-0.05, 0) is 25.1 Å². The Labute approximate surface area is 189 Å². The minimum Gasteiger partial charge on any atom is -0.485 e. The molecule has 0 unspecified atom stereocenters. The Kier molecular flexibility index (Phi) is 6.05. The highest BCUT2D eigenvalue weighted by molar-refractivity contribution is 6.31. The molecule has 0 spiro atoms. The second-order valence-corrected chi connectivity index (χ2v) is 7.98. The van der Waals surface area contributed by atoms with E-state index in [4.69, 9.17) is 20.8 Å². The van der Waals surface area contributed by atoms with Crippen molar-refractivity contribution in [2.45, 2.75) is 40.2 Å². The number of nitrogens with zero attached hydrogens (tertiary/aromatic N) is 5. The van der Waals surface area contributed by atoms with Crippen LogP contribution in [0.25, 0.3) is 17.1 Å². The quantitative estimate of drug-likeness (QED) is 0.421. The van der Waals surface area contributed by atoms with Crippen LogP contribution in [0.4, 0.5) is 0 Å². The highest BCUT2D eigenvalue weighted by Crippen LogP contribution is 2.25. The molecule has 4 heterocycles. The lowest BCUT2D eigenvalue weighted by atomic mass is 10.2. The van der Waals surface area contributed by atoms with E-state index in [-0.39, 0.29) is 28.9 Å². The van der Waals surface area contributed by atoms with Gasteiger partial charge in [0.05, 0.1) is 17.1 Å². The zero-order valence-corrected chi connectivity index (χ0v) is 18.9. The maximum absolute atomic E-state index is 13.1. The van der Waals surface area contributed by atoms with Gasteiger partial charge in [0.1, 0.15) is 35.2 Å². The summed E-state index contributed by atoms with van der Waals surface area (Å²) in [4.78, 5) is 30.6. The highest BCUT2D eigenvalue weighted by Gasteiger charge is 2.16. The number of aromatic nitrogens is 5. The predicted octanol–water partition coefficient (Wildman–Crippen LogP) is 4.65. The minimum absolute atomic E-state index is 0.0155. The molecule has 0 aliphatic carbocycles. The van der Waals surface area contributed by atoms with Crippen molar-refractivity contribution in [3.05, 3.63) is 81.4 Å². The lowest BCUT2D eigenvalue weighted by Crippen LogP contribution is -2.22. The van der Waals surface area contributed by atoms with Crippen molar-refractivity contribution in [2.24, 2.45) is 0 Å². The molecular weight excluding hydrogens is 430 g/mol. The van der Waals surface area contributed by atoms with E-state index in [9.17, 15) is 4.79 Å². The predicted molar refractivity (Wildman–Crippen MR) is 120 cm³/mol. The van der Waals surface area contributed by atoms with E-state index in [2.05, 4.69) is 19.9 Å². The number of hydrogen-bond acceptors (Lipinski definition) is 7. The second-order valence-electron chi connectivity index (χ2n) is 7.61. The molecule has 0 amide bonds. The van der Waals surface area contributed by atoms with Crippen LogP contribution < -0.4 is 10.3 Å². The van der Waals surface area contributed by atoms with Crippen LogP contribution in [-0.4, -0.2) is 24.5 Å². The van der Waals surface area contributed by atoms with Crippen molar-refractivity contribution in [1.82, 2.24) is 24.5 Å². The van der Waals surface area contributed by atoms with Crippen LogP contribution >= 0.6 is 11.6 Å². The van der Waals surface area contributed by atoms with E-state index in [1.807, 2.05) is 20.8 Å². The Bertz CT molecular complexity index is 1330. The van der Waals surface area contributed by atoms with Crippen molar-refractivity contribution in [2.75, 3.05) is 0 Å². The zero-order valence-electron chi connectivity index (χ0n) is 18.2.